The maximum absolute atomic E-state index is 11.6. The molecule has 0 saturated carbocycles. The van der Waals surface area contributed by atoms with Gasteiger partial charge in [-0.3, -0.25) is 14.9 Å². The minimum atomic E-state index is -0.532. The highest BCUT2D eigenvalue weighted by Crippen LogP contribution is 2.28. The van der Waals surface area contributed by atoms with E-state index in [1.807, 2.05) is 6.92 Å². The molecular weight excluding hydrogens is 252 g/mol. The van der Waals surface area contributed by atoms with Crippen LogP contribution >= 0.6 is 0 Å². The number of carbonyl (C=O) groups excluding carboxylic acids is 1. The highest BCUT2D eigenvalue weighted by molar-refractivity contribution is 5.92. The number of amides is 1. The Balaban J connectivity index is 2.77. The van der Waals surface area contributed by atoms with Crippen molar-refractivity contribution in [2.75, 3.05) is 25.6 Å². The zero-order chi connectivity index (χ0) is 14.3. The van der Waals surface area contributed by atoms with E-state index in [9.17, 15) is 14.9 Å². The average molecular weight is 268 g/mol. The van der Waals surface area contributed by atoms with Crippen molar-refractivity contribution in [3.05, 3.63) is 28.3 Å². The van der Waals surface area contributed by atoms with E-state index in [-0.39, 0.29) is 23.7 Å². The summed E-state index contributed by atoms with van der Waals surface area (Å²) in [5, 5.41) is 13.2. The molecule has 19 heavy (non-hydrogen) atoms. The lowest BCUT2D eigenvalue weighted by Crippen LogP contribution is -2.14. The van der Waals surface area contributed by atoms with Gasteiger partial charge in [-0.05, 0) is 13.0 Å². The second-order valence-corrected chi connectivity index (χ2v) is 3.64. The Morgan fingerprint density at radius 1 is 1.47 bits per heavy atom. The molecule has 0 spiro atoms. The Morgan fingerprint density at radius 2 is 2.21 bits per heavy atom. The molecule has 1 N–H and O–H groups in total. The molecule has 1 aromatic rings. The first kappa shape index (κ1) is 14.9. The van der Waals surface area contributed by atoms with Gasteiger partial charge in [0, 0.05) is 18.7 Å². The number of nitro groups is 1. The molecule has 0 saturated heterocycles. The molecule has 0 aromatic heterocycles. The van der Waals surface area contributed by atoms with Crippen molar-refractivity contribution in [2.24, 2.45) is 0 Å². The van der Waals surface area contributed by atoms with Crippen molar-refractivity contribution in [3.8, 4) is 5.75 Å². The van der Waals surface area contributed by atoms with Gasteiger partial charge < -0.3 is 14.8 Å². The summed E-state index contributed by atoms with van der Waals surface area (Å²) in [5.74, 6) is 0.0857. The third-order valence-corrected chi connectivity index (χ3v) is 2.35. The van der Waals surface area contributed by atoms with Crippen LogP contribution in [0.4, 0.5) is 11.4 Å². The van der Waals surface area contributed by atoms with Gasteiger partial charge in [0.05, 0.1) is 30.7 Å². The SMILES string of the molecule is CCOCCC(=O)Nc1cc([N+](=O)[O-])ccc1OC. The summed E-state index contributed by atoms with van der Waals surface area (Å²) >= 11 is 0. The molecule has 0 aliphatic heterocycles. The molecule has 0 radical (unpaired) electrons. The van der Waals surface area contributed by atoms with E-state index in [1.165, 1.54) is 25.3 Å². The number of nitrogens with one attached hydrogen (secondary N) is 1. The van der Waals surface area contributed by atoms with Crippen LogP contribution in [-0.2, 0) is 9.53 Å². The van der Waals surface area contributed by atoms with Crippen molar-refractivity contribution in [3.63, 3.8) is 0 Å². The summed E-state index contributed by atoms with van der Waals surface area (Å²) in [6, 6.07) is 4.02. The normalized spacial score (nSPS) is 10.0. The number of benzene rings is 1. The van der Waals surface area contributed by atoms with Crippen molar-refractivity contribution in [1.29, 1.82) is 0 Å². The van der Waals surface area contributed by atoms with E-state index in [0.717, 1.165) is 0 Å². The summed E-state index contributed by atoms with van der Waals surface area (Å²) in [6.45, 7) is 2.68. The Hall–Kier alpha value is -2.15. The Bertz CT molecular complexity index is 461. The van der Waals surface area contributed by atoms with Gasteiger partial charge in [-0.1, -0.05) is 0 Å². The monoisotopic (exact) mass is 268 g/mol. The highest BCUT2D eigenvalue weighted by atomic mass is 16.6. The topological polar surface area (TPSA) is 90.7 Å². The molecule has 1 amide bonds. The molecule has 0 aliphatic carbocycles. The van der Waals surface area contributed by atoms with E-state index in [2.05, 4.69) is 5.32 Å². The molecule has 104 valence electrons. The molecule has 0 fully saturated rings. The van der Waals surface area contributed by atoms with Gasteiger partial charge in [0.25, 0.3) is 5.69 Å². The smallest absolute Gasteiger partial charge is 0.271 e. The second kappa shape index (κ2) is 7.32. The van der Waals surface area contributed by atoms with Crippen LogP contribution in [0.15, 0.2) is 18.2 Å². The summed E-state index contributed by atoms with van der Waals surface area (Å²) in [7, 11) is 1.43. The maximum atomic E-state index is 11.6. The van der Waals surface area contributed by atoms with Crippen molar-refractivity contribution in [2.45, 2.75) is 13.3 Å². The molecular formula is C12H16N2O5. The van der Waals surface area contributed by atoms with Gasteiger partial charge in [-0.15, -0.1) is 0 Å². The Kier molecular flexibility index (Phi) is 5.74. The molecule has 0 heterocycles. The largest absolute Gasteiger partial charge is 0.495 e. The molecule has 0 bridgehead atoms. The van der Waals surface area contributed by atoms with Gasteiger partial charge in [0.2, 0.25) is 5.91 Å². The van der Waals surface area contributed by atoms with Crippen molar-refractivity contribution in [1.82, 2.24) is 0 Å². The van der Waals surface area contributed by atoms with Crippen LogP contribution in [-0.4, -0.2) is 31.2 Å². The van der Waals surface area contributed by atoms with Crippen LogP contribution in [0.25, 0.3) is 0 Å². The van der Waals surface area contributed by atoms with E-state index < -0.39 is 4.92 Å². The number of nitro benzene ring substituents is 1. The second-order valence-electron chi connectivity index (χ2n) is 3.64. The van der Waals surface area contributed by atoms with Crippen LogP contribution in [0.1, 0.15) is 13.3 Å². The van der Waals surface area contributed by atoms with Gasteiger partial charge >= 0.3 is 0 Å². The molecule has 7 heteroatoms. The van der Waals surface area contributed by atoms with Gasteiger partial charge in [-0.25, -0.2) is 0 Å². The first-order chi connectivity index (χ1) is 9.08. The Labute approximate surface area is 110 Å². The highest BCUT2D eigenvalue weighted by Gasteiger charge is 2.13. The fraction of sp³-hybridized carbons (Fsp3) is 0.417. The van der Waals surface area contributed by atoms with Crippen LogP contribution in [0.3, 0.4) is 0 Å². The number of ether oxygens (including phenoxy) is 2. The first-order valence-electron chi connectivity index (χ1n) is 5.78. The van der Waals surface area contributed by atoms with Crippen LogP contribution in [0.5, 0.6) is 5.75 Å². The molecule has 0 unspecified atom stereocenters. The lowest BCUT2D eigenvalue weighted by Gasteiger charge is -2.09. The number of hydrogen-bond acceptors (Lipinski definition) is 5. The number of non-ortho nitro benzene ring substituents is 1. The number of anilines is 1. The molecule has 0 atom stereocenters. The van der Waals surface area contributed by atoms with Gasteiger partial charge in [0.1, 0.15) is 5.75 Å². The molecule has 1 aromatic carbocycles. The maximum Gasteiger partial charge on any atom is 0.271 e. The predicted octanol–water partition coefficient (Wildman–Crippen LogP) is 1.97. The first-order valence-corrected chi connectivity index (χ1v) is 5.78. The molecule has 1 rings (SSSR count). The Morgan fingerprint density at radius 3 is 2.79 bits per heavy atom. The zero-order valence-electron chi connectivity index (χ0n) is 10.8. The number of methoxy groups -OCH3 is 1. The third-order valence-electron chi connectivity index (χ3n) is 2.35. The van der Waals surface area contributed by atoms with E-state index in [0.29, 0.717) is 19.0 Å². The quantitative estimate of drug-likeness (QED) is 0.464. The number of hydrogen-bond donors (Lipinski definition) is 1. The van der Waals surface area contributed by atoms with Gasteiger partial charge in [0.15, 0.2) is 0 Å². The number of carbonyl (C=O) groups is 1. The lowest BCUT2D eigenvalue weighted by atomic mass is 10.2. The average Bonchev–Trinajstić information content (AvgIpc) is 2.38. The van der Waals surface area contributed by atoms with E-state index in [4.69, 9.17) is 9.47 Å². The summed E-state index contributed by atoms with van der Waals surface area (Å²) < 4.78 is 10.1. The minimum absolute atomic E-state index is 0.110. The van der Waals surface area contributed by atoms with Crippen LogP contribution in [0, 0.1) is 10.1 Å². The van der Waals surface area contributed by atoms with E-state index >= 15 is 0 Å². The summed E-state index contributed by atoms with van der Waals surface area (Å²) in [6.07, 6.45) is 0.180. The van der Waals surface area contributed by atoms with Crippen LogP contribution in [0.2, 0.25) is 0 Å². The fourth-order valence-corrected chi connectivity index (χ4v) is 1.43. The van der Waals surface area contributed by atoms with E-state index in [1.54, 1.807) is 0 Å². The summed E-state index contributed by atoms with van der Waals surface area (Å²) in [5.41, 5.74) is 0.166. The standard InChI is InChI=1S/C12H16N2O5/c1-3-19-7-6-12(15)13-10-8-9(14(16)17)4-5-11(10)18-2/h4-5,8H,3,6-7H2,1-2H3,(H,13,15). The lowest BCUT2D eigenvalue weighted by molar-refractivity contribution is -0.384. The fourth-order valence-electron chi connectivity index (χ4n) is 1.43. The zero-order valence-corrected chi connectivity index (χ0v) is 10.8. The minimum Gasteiger partial charge on any atom is -0.495 e. The summed E-state index contributed by atoms with van der Waals surface area (Å²) in [4.78, 5) is 21.8. The molecule has 7 nitrogen and oxygen atoms in total. The molecule has 0 aliphatic rings. The number of rotatable bonds is 7. The van der Waals surface area contributed by atoms with Crippen molar-refractivity contribution >= 4 is 17.3 Å². The van der Waals surface area contributed by atoms with Gasteiger partial charge in [-0.2, -0.15) is 0 Å². The predicted molar refractivity (Wildman–Crippen MR) is 69.4 cm³/mol. The third kappa shape index (κ3) is 4.55. The number of nitrogens with zero attached hydrogens (tertiary/aromatic N) is 1. The van der Waals surface area contributed by atoms with Crippen molar-refractivity contribution < 1.29 is 19.2 Å². The van der Waals surface area contributed by atoms with Crippen LogP contribution < -0.4 is 10.1 Å².